The van der Waals surface area contributed by atoms with Crippen LogP contribution in [0.2, 0.25) is 5.02 Å². The summed E-state index contributed by atoms with van der Waals surface area (Å²) < 4.78 is 6.12. The number of benzene rings is 1. The number of aromatic nitrogens is 1. The number of carboxylic acids is 1. The van der Waals surface area contributed by atoms with Crippen LogP contribution in [0.4, 0.5) is 0 Å². The molecule has 0 spiro atoms. The van der Waals surface area contributed by atoms with Crippen LogP contribution in [0.3, 0.4) is 0 Å². The number of oxazole rings is 1. The van der Waals surface area contributed by atoms with Crippen molar-refractivity contribution in [2.45, 2.75) is 19.8 Å². The van der Waals surface area contributed by atoms with Crippen LogP contribution in [-0.4, -0.2) is 16.1 Å². The Balaban J connectivity index is 2.57. The molecule has 1 heterocycles. The van der Waals surface area contributed by atoms with Crippen molar-refractivity contribution in [1.82, 2.24) is 4.98 Å². The summed E-state index contributed by atoms with van der Waals surface area (Å²) in [7, 11) is 0. The average molecular weight is 345 g/mol. The summed E-state index contributed by atoms with van der Waals surface area (Å²) in [5.74, 6) is -1.03. The second kappa shape index (κ2) is 5.35. The van der Waals surface area contributed by atoms with Crippen LogP contribution in [0.15, 0.2) is 27.1 Å². The van der Waals surface area contributed by atoms with Gasteiger partial charge in [0.25, 0.3) is 0 Å². The van der Waals surface area contributed by atoms with E-state index in [-0.39, 0.29) is 17.6 Å². The number of carbonyl (C=O) groups is 1. The predicted molar refractivity (Wildman–Crippen MR) is 75.7 cm³/mol. The molecule has 4 nitrogen and oxygen atoms in total. The largest absolute Gasteiger partial charge is 0.475 e. The monoisotopic (exact) mass is 343 g/mol. The van der Waals surface area contributed by atoms with E-state index in [4.69, 9.17) is 21.1 Å². The van der Waals surface area contributed by atoms with Gasteiger partial charge in [-0.25, -0.2) is 9.78 Å². The molecule has 0 amide bonds. The quantitative estimate of drug-likeness (QED) is 0.885. The SMILES string of the molecule is CC(C)c1nc(-c2cc(Cl)cc(Br)c2)oc1C(=O)O. The molecule has 1 aromatic heterocycles. The van der Waals surface area contributed by atoms with Crippen molar-refractivity contribution in [2.75, 3.05) is 0 Å². The smallest absolute Gasteiger partial charge is 0.373 e. The lowest BCUT2D eigenvalue weighted by molar-refractivity contribution is 0.0661. The lowest BCUT2D eigenvalue weighted by atomic mass is 10.1. The first-order chi connectivity index (χ1) is 8.88. The van der Waals surface area contributed by atoms with Gasteiger partial charge in [-0.2, -0.15) is 0 Å². The molecule has 0 aliphatic carbocycles. The van der Waals surface area contributed by atoms with E-state index in [0.29, 0.717) is 16.3 Å². The molecule has 0 atom stereocenters. The number of halogens is 2. The van der Waals surface area contributed by atoms with Gasteiger partial charge in [0.05, 0.1) is 5.69 Å². The number of hydrogen-bond donors (Lipinski definition) is 1. The average Bonchev–Trinajstić information content (AvgIpc) is 2.72. The van der Waals surface area contributed by atoms with E-state index >= 15 is 0 Å². The van der Waals surface area contributed by atoms with Crippen LogP contribution in [0.25, 0.3) is 11.5 Å². The zero-order chi connectivity index (χ0) is 14.2. The molecule has 0 radical (unpaired) electrons. The van der Waals surface area contributed by atoms with E-state index in [1.807, 2.05) is 13.8 Å². The standard InChI is InChI=1S/C13H11BrClNO3/c1-6(2)10-11(13(17)18)19-12(16-10)7-3-8(14)5-9(15)4-7/h3-6H,1-2H3,(H,17,18). The highest BCUT2D eigenvalue weighted by atomic mass is 79.9. The predicted octanol–water partition coefficient (Wildman–Crippen LogP) is 4.58. The first-order valence-electron chi connectivity index (χ1n) is 5.59. The Labute approximate surface area is 123 Å². The van der Waals surface area contributed by atoms with Gasteiger partial charge in [0.2, 0.25) is 11.7 Å². The van der Waals surface area contributed by atoms with E-state index < -0.39 is 5.97 Å². The maximum atomic E-state index is 11.1. The fourth-order valence-corrected chi connectivity index (χ4v) is 2.54. The molecule has 0 bridgehead atoms. The van der Waals surface area contributed by atoms with Gasteiger partial charge in [0.15, 0.2) is 0 Å². The zero-order valence-corrected chi connectivity index (χ0v) is 12.6. The number of carboxylic acid groups (broad SMARTS) is 1. The second-order valence-electron chi connectivity index (χ2n) is 4.35. The van der Waals surface area contributed by atoms with Gasteiger partial charge < -0.3 is 9.52 Å². The molecule has 2 aromatic rings. The number of nitrogens with zero attached hydrogens (tertiary/aromatic N) is 1. The van der Waals surface area contributed by atoms with Gasteiger partial charge in [0.1, 0.15) is 0 Å². The van der Waals surface area contributed by atoms with Crippen LogP contribution in [0.1, 0.15) is 36.0 Å². The van der Waals surface area contributed by atoms with E-state index in [1.54, 1.807) is 18.2 Å². The molecular weight excluding hydrogens is 334 g/mol. The van der Waals surface area contributed by atoms with E-state index in [1.165, 1.54) is 0 Å². The van der Waals surface area contributed by atoms with Crippen LogP contribution in [0, 0.1) is 0 Å². The van der Waals surface area contributed by atoms with Gasteiger partial charge in [0, 0.05) is 15.1 Å². The molecule has 0 aliphatic rings. The van der Waals surface area contributed by atoms with Crippen molar-refractivity contribution in [3.63, 3.8) is 0 Å². The molecular formula is C13H11BrClNO3. The third-order valence-corrected chi connectivity index (χ3v) is 3.18. The summed E-state index contributed by atoms with van der Waals surface area (Å²) in [6.07, 6.45) is 0. The molecule has 1 N–H and O–H groups in total. The van der Waals surface area contributed by atoms with Crippen LogP contribution in [-0.2, 0) is 0 Å². The first-order valence-corrected chi connectivity index (χ1v) is 6.76. The maximum Gasteiger partial charge on any atom is 0.373 e. The van der Waals surface area contributed by atoms with Crippen molar-refractivity contribution in [3.8, 4) is 11.5 Å². The van der Waals surface area contributed by atoms with E-state index in [0.717, 1.165) is 4.47 Å². The highest BCUT2D eigenvalue weighted by Crippen LogP contribution is 2.30. The Hall–Kier alpha value is -1.33. The molecule has 1 aromatic carbocycles. The lowest BCUT2D eigenvalue weighted by Crippen LogP contribution is -2.01. The lowest BCUT2D eigenvalue weighted by Gasteiger charge is -1.99. The highest BCUT2D eigenvalue weighted by Gasteiger charge is 2.22. The molecule has 0 aliphatic heterocycles. The van der Waals surface area contributed by atoms with Crippen LogP contribution < -0.4 is 0 Å². The Kier molecular flexibility index (Phi) is 3.96. The normalized spacial score (nSPS) is 11.0. The molecule has 0 saturated heterocycles. The fourth-order valence-electron chi connectivity index (χ4n) is 1.68. The van der Waals surface area contributed by atoms with Gasteiger partial charge in [-0.1, -0.05) is 41.4 Å². The molecule has 19 heavy (non-hydrogen) atoms. The van der Waals surface area contributed by atoms with Crippen molar-refractivity contribution in [3.05, 3.63) is 39.1 Å². The van der Waals surface area contributed by atoms with Gasteiger partial charge in [-0.05, 0) is 24.1 Å². The molecule has 100 valence electrons. The number of aromatic carboxylic acids is 1. The minimum Gasteiger partial charge on any atom is -0.475 e. The number of hydrogen-bond acceptors (Lipinski definition) is 3. The fraction of sp³-hybridized carbons (Fsp3) is 0.231. The Morgan fingerprint density at radius 2 is 2.11 bits per heavy atom. The summed E-state index contributed by atoms with van der Waals surface area (Å²) >= 11 is 9.28. The molecule has 0 saturated carbocycles. The third kappa shape index (κ3) is 2.98. The van der Waals surface area contributed by atoms with Crippen molar-refractivity contribution in [2.24, 2.45) is 0 Å². The maximum absolute atomic E-state index is 11.1. The minimum atomic E-state index is -1.12. The number of rotatable bonds is 3. The summed E-state index contributed by atoms with van der Waals surface area (Å²) in [5.41, 5.74) is 1.06. The van der Waals surface area contributed by atoms with E-state index in [2.05, 4.69) is 20.9 Å². The van der Waals surface area contributed by atoms with Crippen LogP contribution >= 0.6 is 27.5 Å². The topological polar surface area (TPSA) is 63.3 Å². The van der Waals surface area contributed by atoms with Gasteiger partial charge >= 0.3 is 5.97 Å². The summed E-state index contributed by atoms with van der Waals surface area (Å²) in [5, 5.41) is 9.63. The van der Waals surface area contributed by atoms with E-state index in [9.17, 15) is 4.79 Å². The molecule has 2 rings (SSSR count). The third-order valence-electron chi connectivity index (χ3n) is 2.50. The Bertz CT molecular complexity index is 617. The summed E-state index contributed by atoms with van der Waals surface area (Å²) in [6, 6.07) is 5.18. The first kappa shape index (κ1) is 14.1. The van der Waals surface area contributed by atoms with Crippen molar-refractivity contribution >= 4 is 33.5 Å². The highest BCUT2D eigenvalue weighted by molar-refractivity contribution is 9.10. The van der Waals surface area contributed by atoms with Crippen LogP contribution in [0.5, 0.6) is 0 Å². The Morgan fingerprint density at radius 1 is 1.42 bits per heavy atom. The molecule has 0 unspecified atom stereocenters. The molecule has 6 heteroatoms. The summed E-state index contributed by atoms with van der Waals surface area (Å²) in [4.78, 5) is 15.4. The van der Waals surface area contributed by atoms with Gasteiger partial charge in [-0.3, -0.25) is 0 Å². The summed E-state index contributed by atoms with van der Waals surface area (Å²) in [6.45, 7) is 3.73. The second-order valence-corrected chi connectivity index (χ2v) is 5.70. The van der Waals surface area contributed by atoms with Crippen molar-refractivity contribution < 1.29 is 14.3 Å². The minimum absolute atomic E-state index is 0.0359. The van der Waals surface area contributed by atoms with Crippen molar-refractivity contribution in [1.29, 1.82) is 0 Å². The molecule has 0 fully saturated rings. The zero-order valence-electron chi connectivity index (χ0n) is 10.3. The van der Waals surface area contributed by atoms with Gasteiger partial charge in [-0.15, -0.1) is 0 Å². The Morgan fingerprint density at radius 3 is 2.58 bits per heavy atom.